The van der Waals surface area contributed by atoms with Crippen molar-refractivity contribution in [3.8, 4) is 0 Å². The quantitative estimate of drug-likeness (QED) is 0.920. The summed E-state index contributed by atoms with van der Waals surface area (Å²) in [5, 5.41) is 6.69. The van der Waals surface area contributed by atoms with Gasteiger partial charge in [0, 0.05) is 18.5 Å². The second-order valence-electron chi connectivity index (χ2n) is 4.86. The van der Waals surface area contributed by atoms with Crippen LogP contribution < -0.4 is 5.32 Å². The summed E-state index contributed by atoms with van der Waals surface area (Å²) in [5.41, 5.74) is -0.761. The molecular weight excluding hydrogens is 295 g/mol. The monoisotopic (exact) mass is 311 g/mol. The van der Waals surface area contributed by atoms with E-state index >= 15 is 0 Å². The van der Waals surface area contributed by atoms with Crippen molar-refractivity contribution >= 4 is 11.6 Å². The smallest absolute Gasteiger partial charge is 0.335 e. The van der Waals surface area contributed by atoms with Gasteiger partial charge in [-0.15, -0.1) is 0 Å². The van der Waals surface area contributed by atoms with Crippen LogP contribution in [-0.2, 0) is 6.42 Å². The third-order valence-corrected chi connectivity index (χ3v) is 3.12. The largest absolute Gasteiger partial charge is 0.417 e. The first kappa shape index (κ1) is 16.2. The molecule has 0 aliphatic rings. The first-order valence-corrected chi connectivity index (χ1v) is 6.74. The zero-order chi connectivity index (χ0) is 16.2. The average Bonchev–Trinajstić information content (AvgIpc) is 2.91. The molecule has 0 bridgehead atoms. The van der Waals surface area contributed by atoms with Gasteiger partial charge in [-0.05, 0) is 19.5 Å². The van der Waals surface area contributed by atoms with Gasteiger partial charge in [-0.25, -0.2) is 0 Å². The summed E-state index contributed by atoms with van der Waals surface area (Å²) in [6, 6.07) is 7.62. The SMILES string of the molecule is CNC(C)Cc1noc(/C=C(/c2ccccc2)C(F)(F)F)n1. The lowest BCUT2D eigenvalue weighted by Gasteiger charge is -2.10. The van der Waals surface area contributed by atoms with Gasteiger partial charge < -0.3 is 9.84 Å². The molecule has 0 aliphatic carbocycles. The molecule has 4 nitrogen and oxygen atoms in total. The van der Waals surface area contributed by atoms with Crippen molar-refractivity contribution in [1.29, 1.82) is 0 Å². The Hall–Kier alpha value is -2.15. The van der Waals surface area contributed by atoms with Crippen molar-refractivity contribution in [2.24, 2.45) is 0 Å². The highest BCUT2D eigenvalue weighted by Gasteiger charge is 2.35. The summed E-state index contributed by atoms with van der Waals surface area (Å²) in [6.07, 6.45) is -3.16. The van der Waals surface area contributed by atoms with E-state index in [1.54, 1.807) is 25.2 Å². The van der Waals surface area contributed by atoms with Crippen molar-refractivity contribution < 1.29 is 17.7 Å². The summed E-state index contributed by atoms with van der Waals surface area (Å²) < 4.78 is 44.5. The summed E-state index contributed by atoms with van der Waals surface area (Å²) in [6.45, 7) is 1.91. The first-order valence-electron chi connectivity index (χ1n) is 6.74. The number of hydrogen-bond acceptors (Lipinski definition) is 4. The highest BCUT2D eigenvalue weighted by atomic mass is 19.4. The van der Waals surface area contributed by atoms with E-state index in [-0.39, 0.29) is 17.5 Å². The highest BCUT2D eigenvalue weighted by Crippen LogP contribution is 2.35. The van der Waals surface area contributed by atoms with Gasteiger partial charge in [0.25, 0.3) is 5.89 Å². The fraction of sp³-hybridized carbons (Fsp3) is 0.333. The van der Waals surface area contributed by atoms with Gasteiger partial charge in [-0.3, -0.25) is 0 Å². The molecule has 1 N–H and O–H groups in total. The second-order valence-corrected chi connectivity index (χ2v) is 4.86. The van der Waals surface area contributed by atoms with Crippen molar-refractivity contribution in [3.05, 3.63) is 47.6 Å². The number of likely N-dealkylation sites (N-methyl/N-ethyl adjacent to an activating group) is 1. The van der Waals surface area contributed by atoms with Crippen molar-refractivity contribution in [2.45, 2.75) is 25.6 Å². The zero-order valence-electron chi connectivity index (χ0n) is 12.2. The Morgan fingerprint density at radius 3 is 2.59 bits per heavy atom. The predicted octanol–water partition coefficient (Wildman–Crippen LogP) is 3.32. The number of nitrogens with one attached hydrogen (secondary N) is 1. The first-order chi connectivity index (χ1) is 10.4. The molecule has 1 heterocycles. The third kappa shape index (κ3) is 4.17. The topological polar surface area (TPSA) is 51.0 Å². The molecule has 0 fully saturated rings. The lowest BCUT2D eigenvalue weighted by molar-refractivity contribution is -0.0683. The van der Waals surface area contributed by atoms with Gasteiger partial charge in [-0.1, -0.05) is 35.5 Å². The third-order valence-electron chi connectivity index (χ3n) is 3.12. The number of nitrogens with zero attached hydrogens (tertiary/aromatic N) is 2. The molecule has 22 heavy (non-hydrogen) atoms. The minimum Gasteiger partial charge on any atom is -0.335 e. The van der Waals surface area contributed by atoms with Crippen LogP contribution in [-0.4, -0.2) is 29.4 Å². The fourth-order valence-corrected chi connectivity index (χ4v) is 1.85. The van der Waals surface area contributed by atoms with E-state index in [1.165, 1.54) is 12.1 Å². The maximum Gasteiger partial charge on any atom is 0.417 e. The molecule has 7 heteroatoms. The van der Waals surface area contributed by atoms with E-state index in [9.17, 15) is 13.2 Å². The molecule has 1 unspecified atom stereocenters. The van der Waals surface area contributed by atoms with Crippen LogP contribution in [0.25, 0.3) is 11.6 Å². The van der Waals surface area contributed by atoms with E-state index in [4.69, 9.17) is 4.52 Å². The molecule has 2 aromatic rings. The molecule has 0 saturated carbocycles. The molecule has 0 radical (unpaired) electrons. The van der Waals surface area contributed by atoms with Crippen LogP contribution in [0.15, 0.2) is 34.9 Å². The summed E-state index contributed by atoms with van der Waals surface area (Å²) in [5.74, 6) is 0.206. The minimum atomic E-state index is -4.51. The molecular formula is C15H16F3N3O. The number of alkyl halides is 3. The van der Waals surface area contributed by atoms with Crippen LogP contribution in [0.5, 0.6) is 0 Å². The van der Waals surface area contributed by atoms with Gasteiger partial charge in [0.1, 0.15) is 0 Å². The number of allylic oxidation sites excluding steroid dienone is 1. The van der Waals surface area contributed by atoms with Gasteiger partial charge in [0.2, 0.25) is 0 Å². The molecule has 0 spiro atoms. The number of hydrogen-bond donors (Lipinski definition) is 1. The van der Waals surface area contributed by atoms with Gasteiger partial charge >= 0.3 is 6.18 Å². The van der Waals surface area contributed by atoms with Gasteiger partial charge in [-0.2, -0.15) is 18.2 Å². The number of rotatable bonds is 5. The molecule has 0 amide bonds. The second kappa shape index (κ2) is 6.74. The number of halogens is 3. The van der Waals surface area contributed by atoms with Gasteiger partial charge in [0.05, 0.1) is 5.57 Å². The Morgan fingerprint density at radius 2 is 2.00 bits per heavy atom. The number of benzene rings is 1. The Morgan fingerprint density at radius 1 is 1.32 bits per heavy atom. The fourth-order valence-electron chi connectivity index (χ4n) is 1.85. The summed E-state index contributed by atoms with van der Waals surface area (Å²) in [4.78, 5) is 3.98. The van der Waals surface area contributed by atoms with E-state index in [1.807, 2.05) is 6.92 Å². The Kier molecular flexibility index (Phi) is 4.97. The molecule has 2 rings (SSSR count). The zero-order valence-corrected chi connectivity index (χ0v) is 12.2. The lowest BCUT2D eigenvalue weighted by atomic mass is 10.1. The van der Waals surface area contributed by atoms with Gasteiger partial charge in [0.15, 0.2) is 5.82 Å². The standard InChI is InChI=1S/C15H16F3N3O/c1-10(19-2)8-13-20-14(22-21-13)9-12(15(16,17)18)11-6-4-3-5-7-11/h3-7,9-10,19H,8H2,1-2H3/b12-9-. The van der Waals surface area contributed by atoms with Crippen molar-refractivity contribution in [1.82, 2.24) is 15.5 Å². The van der Waals surface area contributed by atoms with E-state index in [0.29, 0.717) is 12.2 Å². The molecule has 1 aromatic heterocycles. The van der Waals surface area contributed by atoms with Crippen LogP contribution in [0.4, 0.5) is 13.2 Å². The average molecular weight is 311 g/mol. The van der Waals surface area contributed by atoms with Crippen molar-refractivity contribution in [2.75, 3.05) is 7.05 Å². The predicted molar refractivity (Wildman–Crippen MR) is 76.9 cm³/mol. The van der Waals surface area contributed by atoms with Crippen LogP contribution in [0.3, 0.4) is 0 Å². The highest BCUT2D eigenvalue weighted by molar-refractivity contribution is 5.82. The Bertz CT molecular complexity index is 635. The van der Waals surface area contributed by atoms with Crippen LogP contribution in [0, 0.1) is 0 Å². The van der Waals surface area contributed by atoms with Crippen LogP contribution in [0.1, 0.15) is 24.2 Å². The van der Waals surface area contributed by atoms with Crippen LogP contribution >= 0.6 is 0 Å². The van der Waals surface area contributed by atoms with E-state index in [0.717, 1.165) is 6.08 Å². The summed E-state index contributed by atoms with van der Waals surface area (Å²) in [7, 11) is 1.78. The molecule has 1 atom stereocenters. The Balaban J connectivity index is 2.31. The molecule has 118 valence electrons. The minimum absolute atomic E-state index is 0.0540. The Labute approximate surface area is 126 Å². The maximum absolute atomic E-state index is 13.2. The van der Waals surface area contributed by atoms with Crippen molar-refractivity contribution in [3.63, 3.8) is 0 Å². The molecule has 0 aliphatic heterocycles. The summed E-state index contributed by atoms with van der Waals surface area (Å²) >= 11 is 0. The normalized spacial score (nSPS) is 14.1. The van der Waals surface area contributed by atoms with Crippen LogP contribution in [0.2, 0.25) is 0 Å². The maximum atomic E-state index is 13.2. The lowest BCUT2D eigenvalue weighted by Crippen LogP contribution is -2.24. The number of aromatic nitrogens is 2. The molecule has 0 saturated heterocycles. The van der Waals surface area contributed by atoms with E-state index < -0.39 is 11.7 Å². The molecule has 1 aromatic carbocycles. The van der Waals surface area contributed by atoms with E-state index in [2.05, 4.69) is 15.5 Å².